The third-order valence-corrected chi connectivity index (χ3v) is 5.62. The number of para-hydroxylation sites is 3. The number of aromatic nitrogens is 2. The van der Waals surface area contributed by atoms with E-state index in [1.54, 1.807) is 38.3 Å². The lowest BCUT2D eigenvalue weighted by molar-refractivity contribution is -0.142. The predicted octanol–water partition coefficient (Wildman–Crippen LogP) is 4.22. The monoisotopic (exact) mass is 412 g/mol. The Morgan fingerprint density at radius 2 is 1.86 bits per heavy atom. The van der Waals surface area contributed by atoms with Crippen molar-refractivity contribution in [2.45, 2.75) is 37.1 Å². The van der Waals surface area contributed by atoms with Gasteiger partial charge in [0.1, 0.15) is 11.0 Å². The molecule has 0 radical (unpaired) electrons. The molecule has 1 aromatic heterocycles. The smallest absolute Gasteiger partial charge is 0.319 e. The van der Waals surface area contributed by atoms with Gasteiger partial charge in [-0.2, -0.15) is 0 Å². The number of carbonyl (C=O) groups is 1. The van der Waals surface area contributed by atoms with Gasteiger partial charge in [0.05, 0.1) is 30.3 Å². The maximum atomic E-state index is 13.4. The average molecular weight is 413 g/mol. The lowest BCUT2D eigenvalue weighted by atomic mass is 10.2. The largest absolute Gasteiger partial charge is 0.495 e. The van der Waals surface area contributed by atoms with Crippen LogP contribution in [0.15, 0.2) is 58.5 Å². The lowest BCUT2D eigenvalue weighted by Gasteiger charge is -2.19. The highest BCUT2D eigenvalue weighted by Gasteiger charge is 2.25. The first-order chi connectivity index (χ1) is 14.1. The molecule has 7 heteroatoms. The number of methoxy groups -OCH3 is 1. The van der Waals surface area contributed by atoms with Crippen LogP contribution in [0.2, 0.25) is 0 Å². The molecule has 0 bridgehead atoms. The highest BCUT2D eigenvalue weighted by Crippen LogP contribution is 2.31. The molecule has 0 fully saturated rings. The van der Waals surface area contributed by atoms with Crippen LogP contribution in [0.3, 0.4) is 0 Å². The number of nitrogens with zero attached hydrogens (tertiary/aromatic N) is 2. The summed E-state index contributed by atoms with van der Waals surface area (Å²) in [7, 11) is 1.56. The van der Waals surface area contributed by atoms with Crippen molar-refractivity contribution in [1.82, 2.24) is 9.55 Å². The van der Waals surface area contributed by atoms with Crippen LogP contribution in [0.4, 0.5) is 0 Å². The van der Waals surface area contributed by atoms with Crippen LogP contribution >= 0.6 is 11.8 Å². The molecule has 3 rings (SSSR count). The number of carbonyl (C=O) groups excluding carboxylic acids is 1. The number of hydrogen-bond donors (Lipinski definition) is 0. The zero-order chi connectivity index (χ0) is 20.8. The van der Waals surface area contributed by atoms with Gasteiger partial charge in [-0.15, -0.1) is 0 Å². The van der Waals surface area contributed by atoms with Gasteiger partial charge in [-0.25, -0.2) is 4.98 Å². The van der Waals surface area contributed by atoms with Crippen molar-refractivity contribution < 1.29 is 14.3 Å². The quantitative estimate of drug-likeness (QED) is 0.313. The Balaban J connectivity index is 2.22. The fourth-order valence-corrected chi connectivity index (χ4v) is 4.28. The van der Waals surface area contributed by atoms with Gasteiger partial charge < -0.3 is 9.47 Å². The van der Waals surface area contributed by atoms with E-state index in [1.807, 2.05) is 31.2 Å². The Morgan fingerprint density at radius 1 is 1.14 bits per heavy atom. The van der Waals surface area contributed by atoms with Gasteiger partial charge in [0.2, 0.25) is 0 Å². The van der Waals surface area contributed by atoms with Crippen molar-refractivity contribution in [3.05, 3.63) is 58.9 Å². The second-order valence-electron chi connectivity index (χ2n) is 6.37. The lowest BCUT2D eigenvalue weighted by Crippen LogP contribution is -2.26. The first kappa shape index (κ1) is 20.9. The van der Waals surface area contributed by atoms with Crippen molar-refractivity contribution in [2.24, 2.45) is 0 Å². The fourth-order valence-electron chi connectivity index (χ4n) is 3.07. The van der Waals surface area contributed by atoms with Crippen molar-refractivity contribution >= 4 is 28.6 Å². The van der Waals surface area contributed by atoms with Crippen LogP contribution in [0.5, 0.6) is 5.75 Å². The third kappa shape index (κ3) is 4.45. The molecule has 0 saturated carbocycles. The highest BCUT2D eigenvalue weighted by molar-refractivity contribution is 8.00. The molecule has 152 valence electrons. The molecule has 0 saturated heterocycles. The summed E-state index contributed by atoms with van der Waals surface area (Å²) < 4.78 is 12.2. The molecule has 1 heterocycles. The molecule has 0 unspecified atom stereocenters. The first-order valence-electron chi connectivity index (χ1n) is 9.59. The molecular weight excluding hydrogens is 388 g/mol. The number of thioether (sulfide) groups is 1. The normalized spacial score (nSPS) is 12.0. The summed E-state index contributed by atoms with van der Waals surface area (Å²) in [4.78, 5) is 30.6. The minimum absolute atomic E-state index is 0.207. The van der Waals surface area contributed by atoms with E-state index in [0.717, 1.165) is 6.42 Å². The second kappa shape index (κ2) is 9.60. The van der Waals surface area contributed by atoms with Gasteiger partial charge in [0.15, 0.2) is 5.16 Å². The fraction of sp³-hybridized carbons (Fsp3) is 0.318. The van der Waals surface area contributed by atoms with E-state index < -0.39 is 5.25 Å². The van der Waals surface area contributed by atoms with E-state index in [4.69, 9.17) is 14.5 Å². The summed E-state index contributed by atoms with van der Waals surface area (Å²) in [5.74, 6) is 0.255. The molecule has 3 aromatic rings. The van der Waals surface area contributed by atoms with Gasteiger partial charge in [0.25, 0.3) is 5.56 Å². The van der Waals surface area contributed by atoms with Crippen LogP contribution in [0.1, 0.15) is 26.7 Å². The summed E-state index contributed by atoms with van der Waals surface area (Å²) in [6, 6.07) is 14.5. The van der Waals surface area contributed by atoms with Crippen molar-refractivity contribution in [2.75, 3.05) is 13.7 Å². The van der Waals surface area contributed by atoms with Crippen LogP contribution in [-0.2, 0) is 9.53 Å². The Morgan fingerprint density at radius 3 is 2.59 bits per heavy atom. The third-order valence-electron chi connectivity index (χ3n) is 4.42. The molecule has 0 N–H and O–H groups in total. The maximum absolute atomic E-state index is 13.4. The molecule has 29 heavy (non-hydrogen) atoms. The molecule has 0 amide bonds. The van der Waals surface area contributed by atoms with E-state index in [2.05, 4.69) is 0 Å². The van der Waals surface area contributed by atoms with Gasteiger partial charge in [0, 0.05) is 0 Å². The number of hydrogen-bond acceptors (Lipinski definition) is 6. The molecule has 2 aromatic carbocycles. The van der Waals surface area contributed by atoms with Crippen molar-refractivity contribution in [3.63, 3.8) is 0 Å². The Hall–Kier alpha value is -2.80. The van der Waals surface area contributed by atoms with Crippen LogP contribution < -0.4 is 10.3 Å². The number of rotatable bonds is 8. The Bertz CT molecular complexity index is 1060. The van der Waals surface area contributed by atoms with Crippen LogP contribution in [0, 0.1) is 0 Å². The molecule has 1 atom stereocenters. The summed E-state index contributed by atoms with van der Waals surface area (Å²) in [6.45, 7) is 4.10. The van der Waals surface area contributed by atoms with Crippen LogP contribution in [0.25, 0.3) is 16.6 Å². The summed E-state index contributed by atoms with van der Waals surface area (Å²) >= 11 is 1.25. The Kier molecular flexibility index (Phi) is 6.93. The molecule has 0 aliphatic carbocycles. The number of ether oxygens (including phenoxy) is 2. The van der Waals surface area contributed by atoms with Crippen LogP contribution in [-0.4, -0.2) is 34.5 Å². The van der Waals surface area contributed by atoms with E-state index in [-0.39, 0.29) is 11.5 Å². The molecular formula is C22H24N2O4S. The summed E-state index contributed by atoms with van der Waals surface area (Å²) in [6.07, 6.45) is 1.43. The molecule has 0 aliphatic heterocycles. The molecule has 0 spiro atoms. The minimum atomic E-state index is -0.450. The number of benzene rings is 2. The summed E-state index contributed by atoms with van der Waals surface area (Å²) in [5.41, 5.74) is 0.965. The van der Waals surface area contributed by atoms with E-state index in [0.29, 0.717) is 40.5 Å². The predicted molar refractivity (Wildman–Crippen MR) is 115 cm³/mol. The van der Waals surface area contributed by atoms with E-state index in [9.17, 15) is 9.59 Å². The van der Waals surface area contributed by atoms with Gasteiger partial charge in [-0.05, 0) is 37.6 Å². The Labute approximate surface area is 173 Å². The maximum Gasteiger partial charge on any atom is 0.319 e. The first-order valence-corrected chi connectivity index (χ1v) is 10.5. The molecule has 0 aliphatic rings. The average Bonchev–Trinajstić information content (AvgIpc) is 2.74. The number of fused-ring (bicyclic) bond motifs is 1. The van der Waals surface area contributed by atoms with E-state index in [1.165, 1.54) is 16.3 Å². The van der Waals surface area contributed by atoms with Gasteiger partial charge in [-0.3, -0.25) is 14.2 Å². The van der Waals surface area contributed by atoms with E-state index >= 15 is 0 Å². The zero-order valence-electron chi connectivity index (χ0n) is 16.8. The minimum Gasteiger partial charge on any atom is -0.495 e. The van der Waals surface area contributed by atoms with Crippen molar-refractivity contribution in [3.8, 4) is 11.4 Å². The second-order valence-corrected chi connectivity index (χ2v) is 7.54. The molecule has 6 nitrogen and oxygen atoms in total. The zero-order valence-corrected chi connectivity index (χ0v) is 17.6. The number of esters is 1. The summed E-state index contributed by atoms with van der Waals surface area (Å²) in [5, 5.41) is 0.490. The highest BCUT2D eigenvalue weighted by atomic mass is 32.2. The van der Waals surface area contributed by atoms with Gasteiger partial charge >= 0.3 is 5.97 Å². The standard InChI is InChI=1S/C22H24N2O4S/c1-4-10-19(21(26)28-5-2)29-22-23-16-12-7-6-11-15(16)20(25)24(22)17-13-8-9-14-18(17)27-3/h6-9,11-14,19H,4-5,10H2,1-3H3/t19-/m0/s1. The SMILES string of the molecule is CCC[C@H](Sc1nc2ccccc2c(=O)n1-c1ccccc1OC)C(=O)OCC. The van der Waals surface area contributed by atoms with Crippen molar-refractivity contribution in [1.29, 1.82) is 0 Å². The van der Waals surface area contributed by atoms with Gasteiger partial charge in [-0.1, -0.05) is 49.4 Å². The topological polar surface area (TPSA) is 70.4 Å².